The van der Waals surface area contributed by atoms with Crippen LogP contribution in [0.2, 0.25) is 0 Å². The molecule has 1 saturated carbocycles. The van der Waals surface area contributed by atoms with Crippen LogP contribution in [-0.4, -0.2) is 41.1 Å². The standard InChI is InChI=1S/C32H36F4N4OS2/c1-19-14-26(21-6-9-25(20(2)16-21)30(41)39-24-7-8-24)40-28(15-19)27(38-11-10-31(34,35)36)18-29(37)32(42-12-13-43-32)22-4-3-5-23(33)17-22/h3-6,9,15-18,24,26,30,39-41H,1,7-8,10-14,37H2,2H3/p+1. The quantitative estimate of drug-likeness (QED) is 0.144. The summed E-state index contributed by atoms with van der Waals surface area (Å²) in [4.78, 5) is 2.97. The van der Waals surface area contributed by atoms with E-state index in [0.29, 0.717) is 35.1 Å². The molecule has 1 aliphatic carbocycles. The summed E-state index contributed by atoms with van der Waals surface area (Å²) in [6, 6.07) is 12.3. The maximum absolute atomic E-state index is 14.2. The highest BCUT2D eigenvalue weighted by molar-refractivity contribution is 8.20. The fourth-order valence-corrected chi connectivity index (χ4v) is 8.48. The molecule has 2 aliphatic heterocycles. The molecule has 2 atom stereocenters. The Balaban J connectivity index is 1.45. The smallest absolute Gasteiger partial charge is 0.395 e. The molecule has 0 spiro atoms. The summed E-state index contributed by atoms with van der Waals surface area (Å²) in [7, 11) is 0. The Morgan fingerprint density at radius 1 is 1.23 bits per heavy atom. The molecule has 0 radical (unpaired) electrons. The molecule has 230 valence electrons. The van der Waals surface area contributed by atoms with Crippen LogP contribution in [0.5, 0.6) is 0 Å². The average molecular weight is 634 g/mol. The molecule has 2 aromatic carbocycles. The predicted octanol–water partition coefficient (Wildman–Crippen LogP) is 5.00. The first-order chi connectivity index (χ1) is 20.4. The van der Waals surface area contributed by atoms with Gasteiger partial charge in [0.1, 0.15) is 34.8 Å². The summed E-state index contributed by atoms with van der Waals surface area (Å²) in [5.74, 6) is 1.22. The topological polar surface area (TPSA) is 84.3 Å². The van der Waals surface area contributed by atoms with Gasteiger partial charge >= 0.3 is 6.18 Å². The Hall–Kier alpha value is -2.73. The second-order valence-electron chi connectivity index (χ2n) is 11.2. The summed E-state index contributed by atoms with van der Waals surface area (Å²) in [6.07, 6.45) is 0.136. The van der Waals surface area contributed by atoms with E-state index in [4.69, 9.17) is 5.73 Å². The van der Waals surface area contributed by atoms with Crippen molar-refractivity contribution < 1.29 is 27.7 Å². The van der Waals surface area contributed by atoms with Crippen molar-refractivity contribution in [3.8, 4) is 0 Å². The number of nitrogens with one attached hydrogen (secondary N) is 3. The Morgan fingerprint density at radius 3 is 2.63 bits per heavy atom. The number of aliphatic hydroxyl groups is 1. The Labute approximate surface area is 258 Å². The third-order valence-electron chi connectivity index (χ3n) is 7.70. The third-order valence-corrected chi connectivity index (χ3v) is 11.2. The van der Waals surface area contributed by atoms with Crippen molar-refractivity contribution in [2.24, 2.45) is 5.73 Å². The minimum absolute atomic E-state index is 0.199. The molecule has 2 heterocycles. The molecular weight excluding hydrogens is 597 g/mol. The second-order valence-corrected chi connectivity index (χ2v) is 14.1. The fourth-order valence-electron chi connectivity index (χ4n) is 5.37. The largest absolute Gasteiger partial charge is 0.400 e. The van der Waals surface area contributed by atoms with E-state index in [-0.39, 0.29) is 18.4 Å². The molecule has 1 saturated heterocycles. The van der Waals surface area contributed by atoms with Gasteiger partial charge in [0.05, 0.1) is 6.04 Å². The number of thioether (sulfide) groups is 2. The highest BCUT2D eigenvalue weighted by atomic mass is 32.2. The summed E-state index contributed by atoms with van der Waals surface area (Å²) >= 11 is 3.17. The van der Waals surface area contributed by atoms with Crippen LogP contribution in [0, 0.1) is 12.7 Å². The minimum atomic E-state index is -4.33. The molecule has 3 aliphatic rings. The maximum atomic E-state index is 14.2. The lowest BCUT2D eigenvalue weighted by Gasteiger charge is -2.29. The van der Waals surface area contributed by atoms with Crippen molar-refractivity contribution in [2.75, 3.05) is 18.1 Å². The average Bonchev–Trinajstić information content (AvgIpc) is 3.61. The van der Waals surface area contributed by atoms with Crippen LogP contribution in [0.15, 0.2) is 78.2 Å². The molecule has 0 amide bonds. The van der Waals surface area contributed by atoms with Crippen LogP contribution < -0.4 is 21.4 Å². The van der Waals surface area contributed by atoms with Crippen molar-refractivity contribution in [1.29, 1.82) is 0 Å². The summed E-state index contributed by atoms with van der Waals surface area (Å²) in [5, 5.41) is 17.3. The van der Waals surface area contributed by atoms with E-state index >= 15 is 0 Å². The van der Waals surface area contributed by atoms with Gasteiger partial charge in [-0.05, 0) is 66.6 Å². The van der Waals surface area contributed by atoms with E-state index in [0.717, 1.165) is 46.6 Å². The molecule has 0 aromatic heterocycles. The Bertz CT molecular complexity index is 1450. The maximum Gasteiger partial charge on any atom is 0.395 e. The Kier molecular flexibility index (Phi) is 9.65. The number of halogens is 4. The molecule has 5 rings (SSSR count). The number of nitrogens with two attached hydrogens (primary N) is 1. The zero-order valence-electron chi connectivity index (χ0n) is 23.9. The van der Waals surface area contributed by atoms with Crippen molar-refractivity contribution >= 4 is 29.2 Å². The number of aryl methyl sites for hydroxylation is 1. The summed E-state index contributed by atoms with van der Waals surface area (Å²) in [6.45, 7) is 5.80. The monoisotopic (exact) mass is 633 g/mol. The van der Waals surface area contributed by atoms with Gasteiger partial charge in [0.25, 0.3) is 0 Å². The van der Waals surface area contributed by atoms with E-state index in [2.05, 4.69) is 22.2 Å². The summed E-state index contributed by atoms with van der Waals surface area (Å²) in [5.41, 5.74) is 12.4. The highest BCUT2D eigenvalue weighted by Crippen LogP contribution is 2.55. The SMILES string of the molecule is C=C1C=C(C(C=C(N)C2(c3cccc(F)c3)SCCS2)=[NH+]CCC(F)(F)F)NC(c2ccc(C(O)NC3CC3)c(C)c2)C1. The molecule has 2 unspecified atom stereocenters. The van der Waals surface area contributed by atoms with Crippen molar-refractivity contribution in [1.82, 2.24) is 10.6 Å². The highest BCUT2D eigenvalue weighted by Gasteiger charge is 2.41. The molecular formula is C32H37F4N4OS2+. The molecule has 43 heavy (non-hydrogen) atoms. The fraction of sp³-hybridized carbons (Fsp3) is 0.406. The van der Waals surface area contributed by atoms with Gasteiger partial charge in [-0.3, -0.25) is 5.32 Å². The van der Waals surface area contributed by atoms with Gasteiger partial charge in [0.2, 0.25) is 5.71 Å². The number of allylic oxidation sites excluding steroid dienone is 2. The Morgan fingerprint density at radius 2 is 1.98 bits per heavy atom. The third kappa shape index (κ3) is 7.87. The van der Waals surface area contributed by atoms with E-state index in [1.807, 2.05) is 37.3 Å². The first-order valence-corrected chi connectivity index (χ1v) is 16.3. The first kappa shape index (κ1) is 31.7. The van der Waals surface area contributed by atoms with Gasteiger partial charge in [-0.2, -0.15) is 13.2 Å². The number of hydrogen-bond acceptors (Lipinski definition) is 6. The molecule has 2 aromatic rings. The van der Waals surface area contributed by atoms with Crippen LogP contribution in [0.25, 0.3) is 0 Å². The zero-order chi connectivity index (χ0) is 30.8. The van der Waals surface area contributed by atoms with Gasteiger partial charge in [0, 0.05) is 29.3 Å². The molecule has 5 nitrogen and oxygen atoms in total. The zero-order valence-corrected chi connectivity index (χ0v) is 25.6. The molecule has 11 heteroatoms. The number of rotatable bonds is 10. The van der Waals surface area contributed by atoms with E-state index in [9.17, 15) is 22.7 Å². The van der Waals surface area contributed by atoms with Crippen LogP contribution in [0.3, 0.4) is 0 Å². The van der Waals surface area contributed by atoms with Gasteiger partial charge in [-0.25, -0.2) is 9.38 Å². The number of hydrogen-bond donors (Lipinski definition) is 5. The number of alkyl halides is 3. The minimum Gasteiger partial charge on any atom is -0.400 e. The lowest BCUT2D eigenvalue weighted by molar-refractivity contribution is -0.463. The normalized spacial score (nSPS) is 21.9. The van der Waals surface area contributed by atoms with Crippen LogP contribution in [0.4, 0.5) is 17.6 Å². The van der Waals surface area contributed by atoms with Crippen LogP contribution in [0.1, 0.15) is 60.2 Å². The van der Waals surface area contributed by atoms with Gasteiger partial charge in [0.15, 0.2) is 0 Å². The van der Waals surface area contributed by atoms with E-state index in [1.165, 1.54) is 12.1 Å². The van der Waals surface area contributed by atoms with E-state index < -0.39 is 22.9 Å². The first-order valence-electron chi connectivity index (χ1n) is 14.3. The predicted molar refractivity (Wildman–Crippen MR) is 167 cm³/mol. The number of benzene rings is 2. The van der Waals surface area contributed by atoms with Crippen LogP contribution >= 0.6 is 23.5 Å². The van der Waals surface area contributed by atoms with Gasteiger partial charge in [-0.15, -0.1) is 23.5 Å². The number of aliphatic hydroxyl groups excluding tert-OH is 1. The molecule has 0 bridgehead atoms. The molecule has 2 fully saturated rings. The van der Waals surface area contributed by atoms with Gasteiger partial charge in [-0.1, -0.05) is 42.5 Å². The van der Waals surface area contributed by atoms with Crippen molar-refractivity contribution in [3.05, 3.63) is 106 Å². The van der Waals surface area contributed by atoms with Crippen molar-refractivity contribution in [2.45, 2.75) is 61.2 Å². The summed E-state index contributed by atoms with van der Waals surface area (Å²) < 4.78 is 52.8. The second kappa shape index (κ2) is 13.1. The van der Waals surface area contributed by atoms with Crippen LogP contribution in [-0.2, 0) is 4.08 Å². The lowest BCUT2D eigenvalue weighted by atomic mass is 9.91. The van der Waals surface area contributed by atoms with E-state index in [1.54, 1.807) is 35.7 Å². The van der Waals surface area contributed by atoms with Gasteiger partial charge < -0.3 is 16.2 Å². The molecule has 6 N–H and O–H groups in total. The van der Waals surface area contributed by atoms with Crippen molar-refractivity contribution in [3.63, 3.8) is 0 Å². The lowest BCUT2D eigenvalue weighted by Crippen LogP contribution is -2.74.